The van der Waals surface area contributed by atoms with Gasteiger partial charge in [-0.3, -0.25) is 0 Å². The Labute approximate surface area is 86.3 Å². The number of hydrogen-bond acceptors (Lipinski definition) is 2. The number of esters is 1. The number of hydrogen-bond donors (Lipinski definition) is 0. The molecule has 0 amide bonds. The summed E-state index contributed by atoms with van der Waals surface area (Å²) in [4.78, 5) is 11.1. The average molecular weight is 196 g/mol. The molecule has 0 aromatic heterocycles. The van der Waals surface area contributed by atoms with Crippen LogP contribution < -0.4 is 0 Å². The molecule has 2 nitrogen and oxygen atoms in total. The molecule has 1 aliphatic carbocycles. The van der Waals surface area contributed by atoms with Crippen LogP contribution in [0.15, 0.2) is 12.7 Å². The van der Waals surface area contributed by atoms with Gasteiger partial charge in [0.2, 0.25) is 0 Å². The van der Waals surface area contributed by atoms with Crippen LogP contribution in [0.5, 0.6) is 0 Å². The lowest BCUT2D eigenvalue weighted by Gasteiger charge is -2.36. The SMILES string of the molecule is C=CC(=O)OC1CC(C)CC(C)C1C. The Kier molecular flexibility index (Phi) is 3.73. The van der Waals surface area contributed by atoms with E-state index in [1.54, 1.807) is 0 Å². The summed E-state index contributed by atoms with van der Waals surface area (Å²) in [6, 6.07) is 0. The molecule has 0 aliphatic heterocycles. The smallest absolute Gasteiger partial charge is 0.330 e. The zero-order valence-corrected chi connectivity index (χ0v) is 9.32. The Hall–Kier alpha value is -0.790. The predicted octanol–water partition coefficient (Wildman–Crippen LogP) is 2.79. The molecule has 4 unspecified atom stereocenters. The standard InChI is InChI=1S/C12H20O2/c1-5-12(13)14-11-7-8(2)6-9(3)10(11)4/h5,8-11H,1,6-7H2,2-4H3. The summed E-state index contributed by atoms with van der Waals surface area (Å²) < 4.78 is 5.34. The van der Waals surface area contributed by atoms with Crippen LogP contribution in [0.4, 0.5) is 0 Å². The zero-order valence-electron chi connectivity index (χ0n) is 9.32. The Morgan fingerprint density at radius 1 is 1.36 bits per heavy atom. The first kappa shape index (κ1) is 11.3. The fraction of sp³-hybridized carbons (Fsp3) is 0.750. The molecule has 2 heteroatoms. The van der Waals surface area contributed by atoms with Crippen molar-refractivity contribution in [2.75, 3.05) is 0 Å². The average Bonchev–Trinajstić information content (AvgIpc) is 2.13. The Morgan fingerprint density at radius 2 is 2.00 bits per heavy atom. The highest BCUT2D eigenvalue weighted by Crippen LogP contribution is 2.35. The fourth-order valence-corrected chi connectivity index (χ4v) is 2.28. The summed E-state index contributed by atoms with van der Waals surface area (Å²) in [5.74, 6) is 1.48. The first-order valence-electron chi connectivity index (χ1n) is 5.37. The third kappa shape index (κ3) is 2.60. The summed E-state index contributed by atoms with van der Waals surface area (Å²) in [5, 5.41) is 0. The first-order valence-corrected chi connectivity index (χ1v) is 5.37. The molecule has 1 rings (SSSR count). The molecule has 0 N–H and O–H groups in total. The minimum Gasteiger partial charge on any atom is -0.459 e. The molecule has 0 aromatic carbocycles. The van der Waals surface area contributed by atoms with Gasteiger partial charge in [-0.25, -0.2) is 4.79 Å². The largest absolute Gasteiger partial charge is 0.459 e. The summed E-state index contributed by atoms with van der Waals surface area (Å²) in [7, 11) is 0. The summed E-state index contributed by atoms with van der Waals surface area (Å²) in [6.45, 7) is 10.0. The van der Waals surface area contributed by atoms with Crippen LogP contribution in [0, 0.1) is 17.8 Å². The molecule has 0 saturated heterocycles. The Bertz CT molecular complexity index is 222. The molecular weight excluding hydrogens is 176 g/mol. The highest BCUT2D eigenvalue weighted by molar-refractivity contribution is 5.81. The van der Waals surface area contributed by atoms with Gasteiger partial charge < -0.3 is 4.74 Å². The van der Waals surface area contributed by atoms with Gasteiger partial charge in [0.15, 0.2) is 0 Å². The zero-order chi connectivity index (χ0) is 10.7. The van der Waals surface area contributed by atoms with Crippen molar-refractivity contribution in [1.82, 2.24) is 0 Å². The third-order valence-electron chi connectivity index (χ3n) is 3.33. The van der Waals surface area contributed by atoms with Gasteiger partial charge in [0.1, 0.15) is 6.10 Å². The Morgan fingerprint density at radius 3 is 2.57 bits per heavy atom. The second-order valence-corrected chi connectivity index (χ2v) is 4.59. The monoisotopic (exact) mass is 196 g/mol. The van der Waals surface area contributed by atoms with Gasteiger partial charge in [-0.2, -0.15) is 0 Å². The van der Waals surface area contributed by atoms with E-state index in [0.717, 1.165) is 6.42 Å². The van der Waals surface area contributed by atoms with E-state index in [0.29, 0.717) is 17.8 Å². The highest BCUT2D eigenvalue weighted by atomic mass is 16.5. The van der Waals surface area contributed by atoms with Gasteiger partial charge in [-0.1, -0.05) is 27.4 Å². The summed E-state index contributed by atoms with van der Waals surface area (Å²) in [6.07, 6.45) is 3.56. The summed E-state index contributed by atoms with van der Waals surface area (Å²) in [5.41, 5.74) is 0. The van der Waals surface area contributed by atoms with Crippen LogP contribution in [-0.4, -0.2) is 12.1 Å². The van der Waals surface area contributed by atoms with Crippen LogP contribution in [0.1, 0.15) is 33.6 Å². The van der Waals surface area contributed by atoms with Crippen LogP contribution in [-0.2, 0) is 9.53 Å². The van der Waals surface area contributed by atoms with E-state index in [2.05, 4.69) is 27.4 Å². The molecular formula is C12H20O2. The molecule has 0 aromatic rings. The van der Waals surface area contributed by atoms with Crippen molar-refractivity contribution in [1.29, 1.82) is 0 Å². The molecule has 0 spiro atoms. The van der Waals surface area contributed by atoms with Crippen molar-refractivity contribution in [2.45, 2.75) is 39.7 Å². The van der Waals surface area contributed by atoms with E-state index in [-0.39, 0.29) is 12.1 Å². The minimum absolute atomic E-state index is 0.0826. The van der Waals surface area contributed by atoms with Crippen molar-refractivity contribution in [3.63, 3.8) is 0 Å². The predicted molar refractivity (Wildman–Crippen MR) is 56.8 cm³/mol. The van der Waals surface area contributed by atoms with E-state index in [9.17, 15) is 4.79 Å². The molecule has 1 saturated carbocycles. The van der Waals surface area contributed by atoms with Crippen molar-refractivity contribution >= 4 is 5.97 Å². The third-order valence-corrected chi connectivity index (χ3v) is 3.33. The van der Waals surface area contributed by atoms with Crippen LogP contribution >= 0.6 is 0 Å². The summed E-state index contributed by atoms with van der Waals surface area (Å²) >= 11 is 0. The molecule has 14 heavy (non-hydrogen) atoms. The number of carbonyl (C=O) groups is 1. The maximum Gasteiger partial charge on any atom is 0.330 e. The lowest BCUT2D eigenvalue weighted by atomic mass is 9.74. The maximum absolute atomic E-state index is 11.1. The molecule has 0 bridgehead atoms. The first-order chi connectivity index (χ1) is 6.54. The second-order valence-electron chi connectivity index (χ2n) is 4.59. The van der Waals surface area contributed by atoms with E-state index in [1.807, 2.05) is 0 Å². The number of ether oxygens (including phenoxy) is 1. The van der Waals surface area contributed by atoms with Crippen LogP contribution in [0.2, 0.25) is 0 Å². The lowest BCUT2D eigenvalue weighted by molar-refractivity contribution is -0.149. The van der Waals surface area contributed by atoms with Crippen molar-refractivity contribution < 1.29 is 9.53 Å². The molecule has 4 atom stereocenters. The fourth-order valence-electron chi connectivity index (χ4n) is 2.28. The van der Waals surface area contributed by atoms with Gasteiger partial charge in [-0.15, -0.1) is 0 Å². The van der Waals surface area contributed by atoms with Gasteiger partial charge in [0.25, 0.3) is 0 Å². The topological polar surface area (TPSA) is 26.3 Å². The van der Waals surface area contributed by atoms with E-state index in [1.165, 1.54) is 12.5 Å². The van der Waals surface area contributed by atoms with Crippen molar-refractivity contribution in [3.8, 4) is 0 Å². The van der Waals surface area contributed by atoms with Gasteiger partial charge in [-0.05, 0) is 30.6 Å². The Balaban J connectivity index is 2.57. The van der Waals surface area contributed by atoms with Crippen molar-refractivity contribution in [3.05, 3.63) is 12.7 Å². The molecule has 1 aliphatic rings. The molecule has 80 valence electrons. The lowest BCUT2D eigenvalue weighted by Crippen LogP contribution is -2.35. The van der Waals surface area contributed by atoms with Gasteiger partial charge in [0.05, 0.1) is 0 Å². The van der Waals surface area contributed by atoms with Crippen LogP contribution in [0.25, 0.3) is 0 Å². The molecule has 1 fully saturated rings. The normalized spacial score (nSPS) is 37.6. The highest BCUT2D eigenvalue weighted by Gasteiger charge is 2.32. The number of rotatable bonds is 2. The van der Waals surface area contributed by atoms with E-state index >= 15 is 0 Å². The van der Waals surface area contributed by atoms with Crippen LogP contribution in [0.3, 0.4) is 0 Å². The number of carbonyl (C=O) groups excluding carboxylic acids is 1. The van der Waals surface area contributed by atoms with E-state index in [4.69, 9.17) is 4.74 Å². The second kappa shape index (κ2) is 4.63. The molecule has 0 radical (unpaired) electrons. The maximum atomic E-state index is 11.1. The van der Waals surface area contributed by atoms with Gasteiger partial charge in [0, 0.05) is 6.08 Å². The van der Waals surface area contributed by atoms with Gasteiger partial charge >= 0.3 is 5.97 Å². The molecule has 0 heterocycles. The van der Waals surface area contributed by atoms with Crippen molar-refractivity contribution in [2.24, 2.45) is 17.8 Å². The van der Waals surface area contributed by atoms with E-state index < -0.39 is 0 Å². The quantitative estimate of drug-likeness (QED) is 0.501. The minimum atomic E-state index is -0.289.